The van der Waals surface area contributed by atoms with Gasteiger partial charge in [-0.15, -0.1) is 0 Å². The molecule has 0 aliphatic carbocycles. The Morgan fingerprint density at radius 1 is 1.57 bits per heavy atom. The molecule has 0 radical (unpaired) electrons. The standard InChI is InChI=1S/C9H18O5/c1-5-7(6(11)4-10)14-8(13-3)9(5,2)12/h5-8,10-12H,4H2,1-3H3/t5-,6?,7+,8+,9-/m1/s1. The van der Waals surface area contributed by atoms with Crippen LogP contribution in [0.2, 0.25) is 0 Å². The van der Waals surface area contributed by atoms with Crippen LogP contribution in [0.25, 0.3) is 0 Å². The monoisotopic (exact) mass is 206 g/mol. The molecule has 3 N–H and O–H groups in total. The Hall–Kier alpha value is -0.200. The van der Waals surface area contributed by atoms with Gasteiger partial charge in [0.2, 0.25) is 0 Å². The lowest BCUT2D eigenvalue weighted by molar-refractivity contribution is -0.191. The van der Waals surface area contributed by atoms with Gasteiger partial charge in [-0.2, -0.15) is 0 Å². The van der Waals surface area contributed by atoms with Crippen LogP contribution in [0.5, 0.6) is 0 Å². The molecule has 1 aliphatic rings. The summed E-state index contributed by atoms with van der Waals surface area (Å²) in [4.78, 5) is 0. The van der Waals surface area contributed by atoms with Crippen molar-refractivity contribution in [2.45, 2.75) is 37.9 Å². The molecular formula is C9H18O5. The van der Waals surface area contributed by atoms with Gasteiger partial charge in [-0.25, -0.2) is 0 Å². The molecule has 0 aromatic heterocycles. The summed E-state index contributed by atoms with van der Waals surface area (Å²) in [6.45, 7) is 2.96. The highest BCUT2D eigenvalue weighted by molar-refractivity contribution is 4.96. The third kappa shape index (κ3) is 1.78. The predicted octanol–water partition coefficient (Wildman–Crippen LogP) is -0.902. The fourth-order valence-electron chi connectivity index (χ4n) is 1.77. The minimum absolute atomic E-state index is 0.297. The summed E-state index contributed by atoms with van der Waals surface area (Å²) in [5, 5.41) is 28.2. The number of aliphatic hydroxyl groups is 3. The van der Waals surface area contributed by atoms with Gasteiger partial charge in [-0.1, -0.05) is 6.92 Å². The van der Waals surface area contributed by atoms with Gasteiger partial charge >= 0.3 is 0 Å². The summed E-state index contributed by atoms with van der Waals surface area (Å²) in [5.74, 6) is -0.297. The number of hydrogen-bond donors (Lipinski definition) is 3. The van der Waals surface area contributed by atoms with Crippen molar-refractivity contribution in [1.29, 1.82) is 0 Å². The second kappa shape index (κ2) is 4.12. The van der Waals surface area contributed by atoms with Crippen molar-refractivity contribution in [3.05, 3.63) is 0 Å². The molecule has 14 heavy (non-hydrogen) atoms. The van der Waals surface area contributed by atoms with Gasteiger partial charge in [0, 0.05) is 13.0 Å². The molecule has 5 nitrogen and oxygen atoms in total. The molecule has 1 unspecified atom stereocenters. The van der Waals surface area contributed by atoms with Gasteiger partial charge in [0.05, 0.1) is 12.7 Å². The highest BCUT2D eigenvalue weighted by atomic mass is 16.7. The lowest BCUT2D eigenvalue weighted by atomic mass is 9.87. The minimum atomic E-state index is -1.14. The molecule has 0 bridgehead atoms. The van der Waals surface area contributed by atoms with Crippen LogP contribution in [0, 0.1) is 5.92 Å². The molecule has 1 heterocycles. The van der Waals surface area contributed by atoms with Crippen molar-refractivity contribution < 1.29 is 24.8 Å². The lowest BCUT2D eigenvalue weighted by Crippen LogP contribution is -2.42. The van der Waals surface area contributed by atoms with Crippen molar-refractivity contribution in [1.82, 2.24) is 0 Å². The van der Waals surface area contributed by atoms with E-state index in [9.17, 15) is 10.2 Å². The quantitative estimate of drug-likeness (QED) is 0.557. The second-order valence-electron chi connectivity index (χ2n) is 3.93. The van der Waals surface area contributed by atoms with E-state index in [0.29, 0.717) is 0 Å². The van der Waals surface area contributed by atoms with E-state index in [1.165, 1.54) is 7.11 Å². The Balaban J connectivity index is 2.76. The Labute approximate surface area is 83.3 Å². The average molecular weight is 206 g/mol. The third-order valence-corrected chi connectivity index (χ3v) is 2.95. The Morgan fingerprint density at radius 2 is 2.14 bits per heavy atom. The van der Waals surface area contributed by atoms with Gasteiger partial charge < -0.3 is 24.8 Å². The van der Waals surface area contributed by atoms with Gasteiger partial charge in [-0.3, -0.25) is 0 Å². The molecule has 0 amide bonds. The SMILES string of the molecule is CO[C@H]1O[C@H](C(O)CO)[C@@H](C)[C@@]1(C)O. The summed E-state index contributed by atoms with van der Waals surface area (Å²) < 4.78 is 10.3. The van der Waals surface area contributed by atoms with Crippen molar-refractivity contribution >= 4 is 0 Å². The molecule has 0 saturated carbocycles. The van der Waals surface area contributed by atoms with E-state index in [0.717, 1.165) is 0 Å². The molecule has 84 valence electrons. The van der Waals surface area contributed by atoms with Gasteiger partial charge in [0.15, 0.2) is 6.29 Å². The molecule has 1 saturated heterocycles. The average Bonchev–Trinajstić information content (AvgIpc) is 2.38. The minimum Gasteiger partial charge on any atom is -0.394 e. The van der Waals surface area contributed by atoms with Crippen molar-refractivity contribution in [2.24, 2.45) is 5.92 Å². The normalized spacial score (nSPS) is 45.4. The third-order valence-electron chi connectivity index (χ3n) is 2.95. The lowest BCUT2D eigenvalue weighted by Gasteiger charge is -2.26. The van der Waals surface area contributed by atoms with Crippen LogP contribution in [-0.2, 0) is 9.47 Å². The maximum Gasteiger partial charge on any atom is 0.186 e. The van der Waals surface area contributed by atoms with Gasteiger partial charge in [-0.05, 0) is 6.92 Å². The zero-order chi connectivity index (χ0) is 10.9. The molecule has 5 heteroatoms. The fraction of sp³-hybridized carbons (Fsp3) is 1.00. The molecule has 0 aromatic rings. The number of aliphatic hydroxyl groups excluding tert-OH is 2. The molecular weight excluding hydrogens is 188 g/mol. The molecule has 1 aliphatic heterocycles. The number of hydrogen-bond acceptors (Lipinski definition) is 5. The Bertz CT molecular complexity index is 194. The predicted molar refractivity (Wildman–Crippen MR) is 48.6 cm³/mol. The van der Waals surface area contributed by atoms with Crippen LogP contribution in [0.3, 0.4) is 0 Å². The van der Waals surface area contributed by atoms with Gasteiger partial charge in [0.25, 0.3) is 0 Å². The first-order chi connectivity index (χ1) is 6.45. The summed E-state index contributed by atoms with van der Waals surface area (Å²) in [5.41, 5.74) is -1.14. The van der Waals surface area contributed by atoms with Crippen LogP contribution in [-0.4, -0.2) is 53.1 Å². The van der Waals surface area contributed by atoms with E-state index >= 15 is 0 Å². The molecule has 1 rings (SSSR count). The maximum absolute atomic E-state index is 9.99. The largest absolute Gasteiger partial charge is 0.394 e. The van der Waals surface area contributed by atoms with Crippen LogP contribution >= 0.6 is 0 Å². The first-order valence-corrected chi connectivity index (χ1v) is 4.64. The fourth-order valence-corrected chi connectivity index (χ4v) is 1.77. The molecule has 5 atom stereocenters. The summed E-state index contributed by atoms with van der Waals surface area (Å²) in [7, 11) is 1.43. The smallest absolute Gasteiger partial charge is 0.186 e. The number of methoxy groups -OCH3 is 1. The number of rotatable bonds is 3. The van der Waals surface area contributed by atoms with Crippen LogP contribution in [0.15, 0.2) is 0 Å². The van der Waals surface area contributed by atoms with Crippen LogP contribution in [0.1, 0.15) is 13.8 Å². The number of ether oxygens (including phenoxy) is 2. The molecule has 0 spiro atoms. The Morgan fingerprint density at radius 3 is 2.50 bits per heavy atom. The summed E-state index contributed by atoms with van der Waals surface area (Å²) >= 11 is 0. The highest BCUT2D eigenvalue weighted by Crippen LogP contribution is 2.37. The molecule has 0 aromatic carbocycles. The van der Waals surface area contributed by atoms with Crippen molar-refractivity contribution in [3.63, 3.8) is 0 Å². The van der Waals surface area contributed by atoms with Crippen molar-refractivity contribution in [3.8, 4) is 0 Å². The highest BCUT2D eigenvalue weighted by Gasteiger charge is 2.52. The first kappa shape index (κ1) is 11.9. The maximum atomic E-state index is 9.99. The zero-order valence-corrected chi connectivity index (χ0v) is 8.67. The van der Waals surface area contributed by atoms with Gasteiger partial charge in [0.1, 0.15) is 11.7 Å². The Kier molecular flexibility index (Phi) is 3.49. The summed E-state index contributed by atoms with van der Waals surface area (Å²) in [6.07, 6.45) is -2.35. The van der Waals surface area contributed by atoms with E-state index < -0.39 is 24.1 Å². The van der Waals surface area contributed by atoms with E-state index in [-0.39, 0.29) is 12.5 Å². The van der Waals surface area contributed by atoms with E-state index in [2.05, 4.69) is 0 Å². The van der Waals surface area contributed by atoms with Crippen molar-refractivity contribution in [2.75, 3.05) is 13.7 Å². The first-order valence-electron chi connectivity index (χ1n) is 4.64. The molecule has 1 fully saturated rings. The second-order valence-corrected chi connectivity index (χ2v) is 3.93. The van der Waals surface area contributed by atoms with E-state index in [4.69, 9.17) is 14.6 Å². The van der Waals surface area contributed by atoms with Crippen LogP contribution in [0.4, 0.5) is 0 Å². The van der Waals surface area contributed by atoms with E-state index in [1.807, 2.05) is 0 Å². The van der Waals surface area contributed by atoms with Crippen LogP contribution < -0.4 is 0 Å². The van der Waals surface area contributed by atoms with E-state index in [1.54, 1.807) is 13.8 Å². The zero-order valence-electron chi connectivity index (χ0n) is 8.67. The topological polar surface area (TPSA) is 79.2 Å². The summed E-state index contributed by atoms with van der Waals surface area (Å²) in [6, 6.07) is 0.